The van der Waals surface area contributed by atoms with Gasteiger partial charge in [-0.15, -0.1) is 0 Å². The van der Waals surface area contributed by atoms with Crippen molar-refractivity contribution in [2.75, 3.05) is 5.32 Å². The van der Waals surface area contributed by atoms with E-state index in [4.69, 9.17) is 4.52 Å². The van der Waals surface area contributed by atoms with E-state index in [1.165, 1.54) is 0 Å². The van der Waals surface area contributed by atoms with Crippen LogP contribution in [0.4, 0.5) is 5.69 Å². The van der Waals surface area contributed by atoms with E-state index in [9.17, 15) is 4.79 Å². The van der Waals surface area contributed by atoms with Crippen LogP contribution < -0.4 is 11.0 Å². The second kappa shape index (κ2) is 5.94. The molecule has 0 spiro atoms. The minimum Gasteiger partial charge on any atom is -0.370 e. The first kappa shape index (κ1) is 15.2. The topological polar surface area (TPSA) is 88.7 Å². The zero-order valence-electron chi connectivity index (χ0n) is 13.9. The Labute approximate surface area is 143 Å². The van der Waals surface area contributed by atoms with Crippen molar-refractivity contribution in [2.45, 2.75) is 13.0 Å². The van der Waals surface area contributed by atoms with Crippen LogP contribution in [-0.4, -0.2) is 19.7 Å². The quantitative estimate of drug-likeness (QED) is 0.599. The molecule has 2 aromatic heterocycles. The molecule has 0 saturated carbocycles. The molecular formula is C18H17N5O2. The predicted octanol–water partition coefficient (Wildman–Crippen LogP) is 2.76. The molecule has 0 amide bonds. The molecule has 0 aliphatic carbocycles. The Morgan fingerprint density at radius 3 is 2.72 bits per heavy atom. The fourth-order valence-electron chi connectivity index (χ4n) is 2.84. The molecule has 2 N–H and O–H groups in total. The average molecular weight is 335 g/mol. The van der Waals surface area contributed by atoms with Crippen LogP contribution in [0.3, 0.4) is 0 Å². The Morgan fingerprint density at radius 1 is 1.20 bits per heavy atom. The largest absolute Gasteiger partial charge is 0.370 e. The van der Waals surface area contributed by atoms with E-state index in [0.717, 1.165) is 22.3 Å². The van der Waals surface area contributed by atoms with Crippen LogP contribution in [0.2, 0.25) is 0 Å². The van der Waals surface area contributed by atoms with E-state index < -0.39 is 0 Å². The highest BCUT2D eigenvalue weighted by Crippen LogP contribution is 2.27. The molecule has 4 rings (SSSR count). The number of H-pyrrole nitrogens is 1. The van der Waals surface area contributed by atoms with Crippen molar-refractivity contribution >= 4 is 16.7 Å². The van der Waals surface area contributed by atoms with Crippen LogP contribution in [0.25, 0.3) is 11.0 Å². The summed E-state index contributed by atoms with van der Waals surface area (Å²) < 4.78 is 6.96. The number of fused-ring (bicyclic) bond motifs is 1. The van der Waals surface area contributed by atoms with Gasteiger partial charge in [0.15, 0.2) is 5.82 Å². The van der Waals surface area contributed by atoms with Crippen molar-refractivity contribution in [2.24, 2.45) is 7.05 Å². The lowest BCUT2D eigenvalue weighted by atomic mass is 10.1. The maximum absolute atomic E-state index is 11.8. The van der Waals surface area contributed by atoms with Gasteiger partial charge in [-0.1, -0.05) is 35.5 Å². The third-order valence-corrected chi connectivity index (χ3v) is 4.14. The minimum atomic E-state index is -0.282. The molecule has 0 aliphatic rings. The molecule has 7 nitrogen and oxygen atoms in total. The van der Waals surface area contributed by atoms with Gasteiger partial charge in [-0.3, -0.25) is 4.57 Å². The number of aryl methyl sites for hydroxylation is 2. The Bertz CT molecular complexity index is 1080. The Kier molecular flexibility index (Phi) is 3.61. The van der Waals surface area contributed by atoms with Gasteiger partial charge in [0, 0.05) is 12.7 Å². The van der Waals surface area contributed by atoms with Gasteiger partial charge in [0.05, 0.1) is 11.0 Å². The Balaban J connectivity index is 1.76. The molecule has 0 saturated heterocycles. The van der Waals surface area contributed by atoms with E-state index in [0.29, 0.717) is 11.7 Å². The van der Waals surface area contributed by atoms with Crippen molar-refractivity contribution < 1.29 is 4.52 Å². The molecule has 1 unspecified atom stereocenters. The lowest BCUT2D eigenvalue weighted by molar-refractivity contribution is 0.369. The highest BCUT2D eigenvalue weighted by Gasteiger charge is 2.20. The summed E-state index contributed by atoms with van der Waals surface area (Å²) in [4.78, 5) is 19.0. The number of imidazole rings is 1. The van der Waals surface area contributed by atoms with Crippen LogP contribution >= 0.6 is 0 Å². The number of rotatable bonds is 4. The lowest BCUT2D eigenvalue weighted by Crippen LogP contribution is -2.13. The molecule has 7 heteroatoms. The summed E-state index contributed by atoms with van der Waals surface area (Å²) in [6.45, 7) is 1.79. The predicted molar refractivity (Wildman–Crippen MR) is 94.5 cm³/mol. The van der Waals surface area contributed by atoms with E-state index in [1.807, 2.05) is 48.5 Å². The van der Waals surface area contributed by atoms with Crippen LogP contribution in [0.15, 0.2) is 57.8 Å². The third-order valence-electron chi connectivity index (χ3n) is 4.14. The van der Waals surface area contributed by atoms with Crippen LogP contribution in [0, 0.1) is 6.92 Å². The number of hydrogen-bond acceptors (Lipinski definition) is 5. The van der Waals surface area contributed by atoms with Gasteiger partial charge in [0.1, 0.15) is 6.04 Å². The molecule has 0 radical (unpaired) electrons. The van der Waals surface area contributed by atoms with E-state index >= 15 is 0 Å². The summed E-state index contributed by atoms with van der Waals surface area (Å²) >= 11 is 0. The number of aromatic amines is 1. The number of nitrogens with zero attached hydrogens (tertiary/aromatic N) is 3. The smallest absolute Gasteiger partial charge is 0.326 e. The van der Waals surface area contributed by atoms with Gasteiger partial charge in [-0.2, -0.15) is 4.98 Å². The molecule has 25 heavy (non-hydrogen) atoms. The monoisotopic (exact) mass is 335 g/mol. The van der Waals surface area contributed by atoms with Gasteiger partial charge in [0.25, 0.3) is 5.89 Å². The van der Waals surface area contributed by atoms with E-state index in [1.54, 1.807) is 18.5 Å². The third kappa shape index (κ3) is 2.80. The van der Waals surface area contributed by atoms with Gasteiger partial charge in [-0.05, 0) is 30.7 Å². The molecule has 2 heterocycles. The summed E-state index contributed by atoms with van der Waals surface area (Å²) in [6.07, 6.45) is 0. The number of aromatic nitrogens is 4. The number of hydrogen-bond donors (Lipinski definition) is 2. The first-order valence-electron chi connectivity index (χ1n) is 7.92. The van der Waals surface area contributed by atoms with Gasteiger partial charge in [0.2, 0.25) is 0 Å². The summed E-state index contributed by atoms with van der Waals surface area (Å²) in [6, 6.07) is 15.3. The SMILES string of the molecule is Cc1noc(C(Nc2ccc3[nH]c(=O)n(C)c3c2)c2ccccc2)n1. The second-order valence-electron chi connectivity index (χ2n) is 5.89. The summed E-state index contributed by atoms with van der Waals surface area (Å²) in [5.74, 6) is 1.08. The van der Waals surface area contributed by atoms with Crippen LogP contribution in [-0.2, 0) is 7.05 Å². The first-order chi connectivity index (χ1) is 12.1. The molecular weight excluding hydrogens is 318 g/mol. The van der Waals surface area contributed by atoms with Crippen molar-refractivity contribution in [3.63, 3.8) is 0 Å². The number of benzene rings is 2. The highest BCUT2D eigenvalue weighted by atomic mass is 16.5. The lowest BCUT2D eigenvalue weighted by Gasteiger charge is -2.17. The van der Waals surface area contributed by atoms with Crippen molar-refractivity contribution in [3.8, 4) is 0 Å². The van der Waals surface area contributed by atoms with Gasteiger partial charge < -0.3 is 14.8 Å². The van der Waals surface area contributed by atoms with Gasteiger partial charge in [-0.25, -0.2) is 4.79 Å². The Morgan fingerprint density at radius 2 is 2.00 bits per heavy atom. The van der Waals surface area contributed by atoms with Crippen molar-refractivity contribution in [1.29, 1.82) is 0 Å². The fourth-order valence-corrected chi connectivity index (χ4v) is 2.84. The Hall–Kier alpha value is -3.35. The van der Waals surface area contributed by atoms with Gasteiger partial charge >= 0.3 is 5.69 Å². The minimum absolute atomic E-state index is 0.140. The zero-order chi connectivity index (χ0) is 17.4. The number of anilines is 1. The van der Waals surface area contributed by atoms with Crippen molar-refractivity contribution in [3.05, 3.63) is 76.3 Å². The molecule has 0 aliphatic heterocycles. The van der Waals surface area contributed by atoms with E-state index in [2.05, 4.69) is 20.4 Å². The molecule has 1 atom stereocenters. The second-order valence-corrected chi connectivity index (χ2v) is 5.89. The normalized spacial score (nSPS) is 12.4. The molecule has 4 aromatic rings. The first-order valence-corrected chi connectivity index (χ1v) is 7.92. The van der Waals surface area contributed by atoms with Crippen molar-refractivity contribution in [1.82, 2.24) is 19.7 Å². The summed E-state index contributed by atoms with van der Waals surface area (Å²) in [7, 11) is 1.74. The summed E-state index contributed by atoms with van der Waals surface area (Å²) in [5, 5.41) is 7.32. The molecule has 0 fully saturated rings. The maximum Gasteiger partial charge on any atom is 0.326 e. The van der Waals surface area contributed by atoms with Crippen LogP contribution in [0.5, 0.6) is 0 Å². The van der Waals surface area contributed by atoms with Crippen LogP contribution in [0.1, 0.15) is 23.3 Å². The molecule has 0 bridgehead atoms. The number of nitrogens with one attached hydrogen (secondary N) is 2. The highest BCUT2D eigenvalue weighted by molar-refractivity contribution is 5.79. The molecule has 126 valence electrons. The molecule has 2 aromatic carbocycles. The summed E-state index contributed by atoms with van der Waals surface area (Å²) in [5.41, 5.74) is 3.34. The average Bonchev–Trinajstić information content (AvgIpc) is 3.17. The maximum atomic E-state index is 11.8. The zero-order valence-corrected chi connectivity index (χ0v) is 13.9. The fraction of sp³-hybridized carbons (Fsp3) is 0.167. The van der Waals surface area contributed by atoms with E-state index in [-0.39, 0.29) is 11.7 Å². The standard InChI is InChI=1S/C18H17N5O2/c1-11-19-17(25-22-11)16(12-6-4-3-5-7-12)20-13-8-9-14-15(10-13)23(2)18(24)21-14/h3-10,16,20H,1-2H3,(H,21,24).